The van der Waals surface area contributed by atoms with Crippen molar-refractivity contribution in [3.05, 3.63) is 35.9 Å². The monoisotopic (exact) mass is 441 g/mol. The Morgan fingerprint density at radius 1 is 1.20 bits per heavy atom. The summed E-state index contributed by atoms with van der Waals surface area (Å²) < 4.78 is 30.7. The molecular weight excluding hydrogens is 406 g/mol. The average Bonchev–Trinajstić information content (AvgIpc) is 2.67. The Balaban J connectivity index is 2.33. The van der Waals surface area contributed by atoms with Gasteiger partial charge in [0, 0.05) is 32.0 Å². The number of nitrogens with zero attached hydrogens (tertiary/aromatic N) is 1. The largest absolute Gasteiger partial charge is 0.465 e. The molecule has 8 nitrogen and oxygen atoms in total. The highest BCUT2D eigenvalue weighted by molar-refractivity contribution is 7.87. The molecular formula is C21H35N3O5S. The third kappa shape index (κ3) is 7.54. The van der Waals surface area contributed by atoms with Gasteiger partial charge in [-0.15, -0.1) is 0 Å². The van der Waals surface area contributed by atoms with Crippen LogP contribution in [0.5, 0.6) is 0 Å². The van der Waals surface area contributed by atoms with Gasteiger partial charge in [-0.3, -0.25) is 0 Å². The summed E-state index contributed by atoms with van der Waals surface area (Å²) >= 11 is 0. The number of carboxylic acid groups (broad SMARTS) is 1. The van der Waals surface area contributed by atoms with Crippen LogP contribution in [-0.2, 0) is 16.6 Å². The molecule has 9 heteroatoms. The van der Waals surface area contributed by atoms with Gasteiger partial charge in [0.15, 0.2) is 0 Å². The molecule has 1 aromatic carbocycles. The third-order valence-corrected chi connectivity index (χ3v) is 7.04. The van der Waals surface area contributed by atoms with Gasteiger partial charge in [0.2, 0.25) is 0 Å². The van der Waals surface area contributed by atoms with Crippen LogP contribution in [0.2, 0.25) is 0 Å². The van der Waals surface area contributed by atoms with Crippen LogP contribution in [-0.4, -0.2) is 53.9 Å². The first-order valence-electron chi connectivity index (χ1n) is 10.7. The summed E-state index contributed by atoms with van der Waals surface area (Å²) in [5.41, 5.74) is -0.994. The molecule has 0 spiro atoms. The molecule has 0 saturated heterocycles. The number of hydrogen-bond donors (Lipinski definition) is 4. The SMILES string of the molecule is CC(C)CN(C(O)(CCNC(=O)O)Cc1ccccc1)S(=O)(=O)NC1CCCCC1. The predicted octanol–water partition coefficient (Wildman–Crippen LogP) is 2.70. The second kappa shape index (κ2) is 11.1. The summed E-state index contributed by atoms with van der Waals surface area (Å²) in [7, 11) is -3.99. The molecule has 1 amide bonds. The lowest BCUT2D eigenvalue weighted by Crippen LogP contribution is -2.60. The van der Waals surface area contributed by atoms with Gasteiger partial charge in [0.1, 0.15) is 5.72 Å². The third-order valence-electron chi connectivity index (χ3n) is 5.34. The number of benzene rings is 1. The smallest absolute Gasteiger partial charge is 0.404 e. The summed E-state index contributed by atoms with van der Waals surface area (Å²) in [5, 5.41) is 22.8. The van der Waals surface area contributed by atoms with Crippen LogP contribution >= 0.6 is 0 Å². The van der Waals surface area contributed by atoms with Crippen molar-refractivity contribution in [1.82, 2.24) is 14.3 Å². The summed E-state index contributed by atoms with van der Waals surface area (Å²) in [6, 6.07) is 9.01. The molecule has 2 rings (SSSR count). The lowest BCUT2D eigenvalue weighted by atomic mass is 9.96. The summed E-state index contributed by atoms with van der Waals surface area (Å²) in [4.78, 5) is 10.9. The molecule has 1 fully saturated rings. The molecule has 1 aromatic rings. The lowest BCUT2D eigenvalue weighted by molar-refractivity contribution is -0.0709. The molecule has 4 N–H and O–H groups in total. The highest BCUT2D eigenvalue weighted by atomic mass is 32.2. The van der Waals surface area contributed by atoms with E-state index in [0.717, 1.165) is 42.0 Å². The van der Waals surface area contributed by atoms with Crippen LogP contribution in [0, 0.1) is 5.92 Å². The molecule has 1 saturated carbocycles. The zero-order valence-electron chi connectivity index (χ0n) is 17.9. The summed E-state index contributed by atoms with van der Waals surface area (Å²) in [6.45, 7) is 3.84. The molecule has 30 heavy (non-hydrogen) atoms. The fourth-order valence-corrected chi connectivity index (χ4v) is 5.79. The van der Waals surface area contributed by atoms with Crippen LogP contribution in [0.3, 0.4) is 0 Å². The summed E-state index contributed by atoms with van der Waals surface area (Å²) in [5.74, 6) is -0.0253. The van der Waals surface area contributed by atoms with Crippen molar-refractivity contribution in [3.63, 3.8) is 0 Å². The fraction of sp³-hybridized carbons (Fsp3) is 0.667. The van der Waals surface area contributed by atoms with E-state index in [0.29, 0.717) is 0 Å². The first kappa shape index (κ1) is 24.6. The average molecular weight is 442 g/mol. The van der Waals surface area contributed by atoms with Gasteiger partial charge in [0.05, 0.1) is 0 Å². The van der Waals surface area contributed by atoms with Crippen LogP contribution in [0.25, 0.3) is 0 Å². The second-order valence-electron chi connectivity index (χ2n) is 8.51. The first-order chi connectivity index (χ1) is 14.1. The van der Waals surface area contributed by atoms with E-state index in [2.05, 4.69) is 10.0 Å². The maximum Gasteiger partial charge on any atom is 0.404 e. The van der Waals surface area contributed by atoms with E-state index in [1.54, 1.807) is 0 Å². The van der Waals surface area contributed by atoms with Crippen LogP contribution in [0.1, 0.15) is 57.9 Å². The number of aliphatic hydroxyl groups is 1. The minimum absolute atomic E-state index is 0.0253. The van der Waals surface area contributed by atoms with Crippen molar-refractivity contribution in [1.29, 1.82) is 0 Å². The number of hydrogen-bond acceptors (Lipinski definition) is 4. The van der Waals surface area contributed by atoms with Crippen LogP contribution in [0.15, 0.2) is 30.3 Å². The van der Waals surface area contributed by atoms with E-state index in [-0.39, 0.29) is 37.9 Å². The molecule has 0 heterocycles. The fourth-order valence-electron chi connectivity index (χ4n) is 3.91. The maximum atomic E-state index is 13.4. The quantitative estimate of drug-likeness (QED) is 0.394. The van der Waals surface area contributed by atoms with Crippen molar-refractivity contribution >= 4 is 16.3 Å². The summed E-state index contributed by atoms with van der Waals surface area (Å²) in [6.07, 6.45) is 3.42. The van der Waals surface area contributed by atoms with Gasteiger partial charge < -0.3 is 15.5 Å². The molecule has 0 aromatic heterocycles. The van der Waals surface area contributed by atoms with E-state index < -0.39 is 22.0 Å². The van der Waals surface area contributed by atoms with E-state index in [1.807, 2.05) is 44.2 Å². The van der Waals surface area contributed by atoms with Crippen LogP contribution < -0.4 is 10.0 Å². The maximum absolute atomic E-state index is 13.4. The highest BCUT2D eigenvalue weighted by Gasteiger charge is 2.43. The van der Waals surface area contributed by atoms with Crippen molar-refractivity contribution in [2.24, 2.45) is 5.92 Å². The lowest BCUT2D eigenvalue weighted by Gasteiger charge is -2.41. The van der Waals surface area contributed by atoms with Gasteiger partial charge in [-0.2, -0.15) is 17.4 Å². The molecule has 0 radical (unpaired) electrons. The topological polar surface area (TPSA) is 119 Å². The first-order valence-corrected chi connectivity index (χ1v) is 12.1. The number of nitrogens with one attached hydrogen (secondary N) is 2. The number of rotatable bonds is 11. The van der Waals surface area contributed by atoms with Crippen LogP contribution in [0.4, 0.5) is 4.79 Å². The molecule has 0 bridgehead atoms. The van der Waals surface area contributed by atoms with Gasteiger partial charge in [0.25, 0.3) is 10.2 Å². The minimum atomic E-state index is -3.99. The Bertz CT molecular complexity index is 766. The molecule has 1 atom stereocenters. The highest BCUT2D eigenvalue weighted by Crippen LogP contribution is 2.28. The van der Waals surface area contributed by atoms with Gasteiger partial charge in [-0.1, -0.05) is 63.4 Å². The van der Waals surface area contributed by atoms with E-state index >= 15 is 0 Å². The molecule has 1 unspecified atom stereocenters. The van der Waals surface area contributed by atoms with Gasteiger partial charge >= 0.3 is 6.09 Å². The predicted molar refractivity (Wildman–Crippen MR) is 116 cm³/mol. The molecule has 1 aliphatic carbocycles. The van der Waals surface area contributed by atoms with Crippen molar-refractivity contribution in [2.45, 2.75) is 70.6 Å². The van der Waals surface area contributed by atoms with Gasteiger partial charge in [-0.25, -0.2) is 4.79 Å². The Morgan fingerprint density at radius 2 is 1.83 bits per heavy atom. The van der Waals surface area contributed by atoms with E-state index in [1.165, 1.54) is 0 Å². The zero-order valence-corrected chi connectivity index (χ0v) is 18.7. The molecule has 170 valence electrons. The standard InChI is InChI=1S/C21H35N3O5S/c1-17(2)16-24(30(28,29)23-19-11-7-4-8-12-19)21(27,13-14-22-20(25)26)15-18-9-5-3-6-10-18/h3,5-6,9-10,17,19,22-23,27H,4,7-8,11-16H2,1-2H3,(H,25,26). The number of carbonyl (C=O) groups is 1. The van der Waals surface area contributed by atoms with Crippen molar-refractivity contribution in [2.75, 3.05) is 13.1 Å². The van der Waals surface area contributed by atoms with Gasteiger partial charge in [-0.05, 0) is 24.3 Å². The van der Waals surface area contributed by atoms with E-state index in [4.69, 9.17) is 5.11 Å². The van der Waals surface area contributed by atoms with Crippen molar-refractivity contribution in [3.8, 4) is 0 Å². The Morgan fingerprint density at radius 3 is 2.40 bits per heavy atom. The van der Waals surface area contributed by atoms with Crippen molar-refractivity contribution < 1.29 is 23.4 Å². The zero-order chi connectivity index (χ0) is 22.2. The second-order valence-corrected chi connectivity index (χ2v) is 10.1. The Labute approximate surface area is 179 Å². The normalized spacial score (nSPS) is 17.8. The van der Waals surface area contributed by atoms with E-state index in [9.17, 15) is 18.3 Å². The Hall–Kier alpha value is -1.68. The minimum Gasteiger partial charge on any atom is -0.465 e. The molecule has 0 aliphatic heterocycles. The number of amides is 1. The Kier molecular flexibility index (Phi) is 9.09. The molecule has 1 aliphatic rings.